The van der Waals surface area contributed by atoms with E-state index in [1.165, 1.54) is 0 Å². The Morgan fingerprint density at radius 3 is 2.70 bits per heavy atom. The van der Waals surface area contributed by atoms with Gasteiger partial charge in [0.2, 0.25) is 0 Å². The van der Waals surface area contributed by atoms with Crippen LogP contribution in [0.4, 0.5) is 17.6 Å². The monoisotopic (exact) mass is 307 g/mol. The minimum Gasteiger partial charge on any atom is -0.348 e. The zero-order valence-corrected chi connectivity index (χ0v) is 11.3. The molecule has 1 N–H and O–H groups in total. The smallest absolute Gasteiger partial charge is 0.348 e. The topological polar surface area (TPSA) is 29.1 Å². The lowest BCUT2D eigenvalue weighted by Gasteiger charge is -2.22. The largest absolute Gasteiger partial charge is 0.416 e. The molecule has 0 saturated carbocycles. The maximum atomic E-state index is 13.5. The molecule has 20 heavy (non-hydrogen) atoms. The lowest BCUT2D eigenvalue weighted by atomic mass is 10.1. The average molecular weight is 307 g/mol. The summed E-state index contributed by atoms with van der Waals surface area (Å²) in [6, 6.07) is 1.74. The van der Waals surface area contributed by atoms with Crippen molar-refractivity contribution in [3.63, 3.8) is 0 Å². The number of thioether (sulfide) groups is 1. The normalized spacial score (nSPS) is 19.7. The van der Waals surface area contributed by atoms with Crippen molar-refractivity contribution in [1.82, 2.24) is 5.32 Å². The van der Waals surface area contributed by atoms with Crippen molar-refractivity contribution < 1.29 is 22.4 Å². The minimum absolute atomic E-state index is 0.116. The van der Waals surface area contributed by atoms with Gasteiger partial charge in [0.25, 0.3) is 5.91 Å². The van der Waals surface area contributed by atoms with Crippen LogP contribution in [0.2, 0.25) is 0 Å². The number of benzene rings is 1. The SMILES string of the molecule is O=C(NC1CCCSC1)c1cc(C(F)(F)F)ccc1F. The van der Waals surface area contributed by atoms with Crippen molar-refractivity contribution in [1.29, 1.82) is 0 Å². The summed E-state index contributed by atoms with van der Waals surface area (Å²) < 4.78 is 51.2. The first kappa shape index (κ1) is 15.2. The zero-order valence-electron chi connectivity index (χ0n) is 10.5. The highest BCUT2D eigenvalue weighted by molar-refractivity contribution is 7.99. The summed E-state index contributed by atoms with van der Waals surface area (Å²) >= 11 is 1.66. The van der Waals surface area contributed by atoms with Crippen molar-refractivity contribution in [3.05, 3.63) is 35.1 Å². The second-order valence-electron chi connectivity index (χ2n) is 4.58. The Kier molecular flexibility index (Phi) is 4.57. The predicted molar refractivity (Wildman–Crippen MR) is 69.2 cm³/mol. The summed E-state index contributed by atoms with van der Waals surface area (Å²) in [4.78, 5) is 11.9. The fraction of sp³-hybridized carbons (Fsp3) is 0.462. The van der Waals surface area contributed by atoms with Gasteiger partial charge >= 0.3 is 6.18 Å². The van der Waals surface area contributed by atoms with E-state index in [9.17, 15) is 22.4 Å². The molecule has 1 aliphatic heterocycles. The molecule has 1 aromatic carbocycles. The second kappa shape index (κ2) is 6.03. The fourth-order valence-electron chi connectivity index (χ4n) is 1.99. The standard InChI is InChI=1S/C13H13F4NOS/c14-11-4-3-8(13(15,16)17)6-10(11)12(19)18-9-2-1-5-20-7-9/h3-4,6,9H,1-2,5,7H2,(H,18,19). The molecule has 1 saturated heterocycles. The summed E-state index contributed by atoms with van der Waals surface area (Å²) in [6.45, 7) is 0. The van der Waals surface area contributed by atoms with Crippen LogP contribution < -0.4 is 5.32 Å². The Hall–Kier alpha value is -1.24. The number of halogens is 4. The number of rotatable bonds is 2. The molecule has 1 heterocycles. The van der Waals surface area contributed by atoms with Gasteiger partial charge in [-0.2, -0.15) is 24.9 Å². The van der Waals surface area contributed by atoms with Crippen LogP contribution in [0.1, 0.15) is 28.8 Å². The Bertz CT molecular complexity index is 498. The van der Waals surface area contributed by atoms with E-state index in [1.54, 1.807) is 11.8 Å². The Balaban J connectivity index is 2.16. The minimum atomic E-state index is -4.59. The van der Waals surface area contributed by atoms with Gasteiger partial charge < -0.3 is 5.32 Å². The molecule has 2 rings (SSSR count). The number of carbonyl (C=O) groups excluding carboxylic acids is 1. The van der Waals surface area contributed by atoms with Crippen molar-refractivity contribution in [3.8, 4) is 0 Å². The Morgan fingerprint density at radius 2 is 2.10 bits per heavy atom. The molecule has 110 valence electrons. The van der Waals surface area contributed by atoms with E-state index in [4.69, 9.17) is 0 Å². The Morgan fingerprint density at radius 1 is 1.35 bits per heavy atom. The van der Waals surface area contributed by atoms with Crippen LogP contribution in [0.15, 0.2) is 18.2 Å². The van der Waals surface area contributed by atoms with Gasteiger partial charge in [-0.05, 0) is 36.8 Å². The lowest BCUT2D eigenvalue weighted by molar-refractivity contribution is -0.137. The third-order valence-electron chi connectivity index (χ3n) is 3.03. The summed E-state index contributed by atoms with van der Waals surface area (Å²) in [5.41, 5.74) is -1.59. The van der Waals surface area contributed by atoms with E-state index in [2.05, 4.69) is 5.32 Å². The van der Waals surface area contributed by atoms with Gasteiger partial charge in [-0.1, -0.05) is 0 Å². The number of hydrogen-bond acceptors (Lipinski definition) is 2. The molecule has 0 spiro atoms. The third-order valence-corrected chi connectivity index (χ3v) is 4.25. The molecule has 1 unspecified atom stereocenters. The highest BCUT2D eigenvalue weighted by Crippen LogP contribution is 2.30. The molecule has 2 nitrogen and oxygen atoms in total. The molecular weight excluding hydrogens is 294 g/mol. The molecule has 0 radical (unpaired) electrons. The van der Waals surface area contributed by atoms with Crippen LogP contribution in [0.25, 0.3) is 0 Å². The maximum absolute atomic E-state index is 13.5. The summed E-state index contributed by atoms with van der Waals surface area (Å²) in [6.07, 6.45) is -2.90. The molecule has 1 aliphatic rings. The van der Waals surface area contributed by atoms with Gasteiger partial charge in [0.05, 0.1) is 11.1 Å². The van der Waals surface area contributed by atoms with Crippen LogP contribution in [0, 0.1) is 5.82 Å². The quantitative estimate of drug-likeness (QED) is 0.848. The molecule has 0 bridgehead atoms. The molecular formula is C13H13F4NOS. The number of amides is 1. The summed E-state index contributed by atoms with van der Waals surface area (Å²) in [7, 11) is 0. The van der Waals surface area contributed by atoms with Gasteiger partial charge in [0.1, 0.15) is 5.82 Å². The third kappa shape index (κ3) is 3.65. The maximum Gasteiger partial charge on any atom is 0.416 e. The van der Waals surface area contributed by atoms with Crippen molar-refractivity contribution in [2.75, 3.05) is 11.5 Å². The zero-order chi connectivity index (χ0) is 14.8. The molecule has 1 fully saturated rings. The number of nitrogens with one attached hydrogen (secondary N) is 1. The summed E-state index contributed by atoms with van der Waals surface area (Å²) in [5, 5.41) is 2.59. The van der Waals surface area contributed by atoms with Crippen molar-refractivity contribution >= 4 is 17.7 Å². The van der Waals surface area contributed by atoms with Crippen LogP contribution >= 0.6 is 11.8 Å². The number of hydrogen-bond donors (Lipinski definition) is 1. The second-order valence-corrected chi connectivity index (χ2v) is 5.73. The molecule has 1 amide bonds. The first-order valence-electron chi connectivity index (χ1n) is 6.13. The van der Waals surface area contributed by atoms with E-state index >= 15 is 0 Å². The predicted octanol–water partition coefficient (Wildman–Crippen LogP) is 3.47. The van der Waals surface area contributed by atoms with Crippen molar-refractivity contribution in [2.24, 2.45) is 0 Å². The van der Waals surface area contributed by atoms with Gasteiger partial charge in [0, 0.05) is 11.8 Å². The lowest BCUT2D eigenvalue weighted by Crippen LogP contribution is -2.38. The molecule has 1 atom stereocenters. The van der Waals surface area contributed by atoms with E-state index in [1.807, 2.05) is 0 Å². The van der Waals surface area contributed by atoms with Crippen LogP contribution in [0.3, 0.4) is 0 Å². The highest BCUT2D eigenvalue weighted by Gasteiger charge is 2.32. The van der Waals surface area contributed by atoms with Crippen molar-refractivity contribution in [2.45, 2.75) is 25.1 Å². The molecule has 1 aromatic rings. The summed E-state index contributed by atoms with van der Waals surface area (Å²) in [5.74, 6) is -0.0311. The molecule has 0 aromatic heterocycles. The first-order chi connectivity index (χ1) is 9.38. The van der Waals surface area contributed by atoms with Crippen LogP contribution in [0.5, 0.6) is 0 Å². The number of alkyl halides is 3. The van der Waals surface area contributed by atoms with E-state index in [-0.39, 0.29) is 6.04 Å². The molecule has 7 heteroatoms. The highest BCUT2D eigenvalue weighted by atomic mass is 32.2. The fourth-order valence-corrected chi connectivity index (χ4v) is 3.07. The van der Waals surface area contributed by atoms with E-state index < -0.39 is 29.0 Å². The number of carbonyl (C=O) groups is 1. The van der Waals surface area contributed by atoms with Gasteiger partial charge in [-0.15, -0.1) is 0 Å². The van der Waals surface area contributed by atoms with Gasteiger partial charge in [-0.3, -0.25) is 4.79 Å². The van der Waals surface area contributed by atoms with E-state index in [0.717, 1.165) is 18.6 Å². The Labute approximate surface area is 117 Å². The van der Waals surface area contributed by atoms with Gasteiger partial charge in [0.15, 0.2) is 0 Å². The van der Waals surface area contributed by atoms with Crippen LogP contribution in [-0.2, 0) is 6.18 Å². The average Bonchev–Trinajstić information content (AvgIpc) is 2.39. The van der Waals surface area contributed by atoms with Crippen LogP contribution in [-0.4, -0.2) is 23.5 Å². The van der Waals surface area contributed by atoms with Gasteiger partial charge in [-0.25, -0.2) is 4.39 Å². The van der Waals surface area contributed by atoms with E-state index in [0.29, 0.717) is 24.0 Å². The molecule has 0 aliphatic carbocycles. The first-order valence-corrected chi connectivity index (χ1v) is 7.29.